The minimum Gasteiger partial charge on any atom is -0.327 e. The molecule has 5 heteroatoms. The second kappa shape index (κ2) is 5.17. The van der Waals surface area contributed by atoms with Gasteiger partial charge in [0.1, 0.15) is 5.82 Å². The highest BCUT2D eigenvalue weighted by Gasteiger charge is 2.35. The van der Waals surface area contributed by atoms with Gasteiger partial charge < -0.3 is 16.0 Å². The van der Waals surface area contributed by atoms with Gasteiger partial charge in [-0.1, -0.05) is 13.8 Å². The molecule has 2 amide bonds. The van der Waals surface area contributed by atoms with Gasteiger partial charge in [-0.15, -0.1) is 0 Å². The van der Waals surface area contributed by atoms with Crippen LogP contribution in [-0.2, 0) is 0 Å². The lowest BCUT2D eigenvalue weighted by molar-refractivity contribution is 0.118. The van der Waals surface area contributed by atoms with Crippen LogP contribution in [0.2, 0.25) is 0 Å². The van der Waals surface area contributed by atoms with Crippen LogP contribution in [0.25, 0.3) is 0 Å². The van der Waals surface area contributed by atoms with Crippen LogP contribution in [0.5, 0.6) is 0 Å². The van der Waals surface area contributed by atoms with Crippen LogP contribution in [0.1, 0.15) is 20.3 Å². The molecule has 0 aromatic heterocycles. The average Bonchev–Trinajstić information content (AvgIpc) is 2.35. The zero-order chi connectivity index (χ0) is 14.0. The van der Waals surface area contributed by atoms with Crippen molar-refractivity contribution in [2.24, 2.45) is 11.1 Å². The molecule has 1 aliphatic heterocycles. The number of anilines is 1. The number of rotatable bonds is 1. The number of carbonyl (C=O) groups excluding carboxylic acids is 1. The predicted octanol–water partition coefficient (Wildman–Crippen LogP) is 2.42. The summed E-state index contributed by atoms with van der Waals surface area (Å²) in [6, 6.07) is 5.70. The van der Waals surface area contributed by atoms with Crippen LogP contribution in [0.4, 0.5) is 14.9 Å². The van der Waals surface area contributed by atoms with E-state index in [0.717, 1.165) is 6.42 Å². The Morgan fingerprint density at radius 3 is 2.63 bits per heavy atom. The molecule has 1 aliphatic rings. The van der Waals surface area contributed by atoms with Gasteiger partial charge in [0.25, 0.3) is 0 Å². The Balaban J connectivity index is 1.99. The Morgan fingerprint density at radius 1 is 1.42 bits per heavy atom. The Bertz CT molecular complexity index is 458. The van der Waals surface area contributed by atoms with Gasteiger partial charge in [0.05, 0.1) is 0 Å². The van der Waals surface area contributed by atoms with Crippen LogP contribution >= 0.6 is 0 Å². The molecule has 1 unspecified atom stereocenters. The van der Waals surface area contributed by atoms with E-state index in [4.69, 9.17) is 5.73 Å². The lowest BCUT2D eigenvalue weighted by atomic mass is 9.80. The number of benzene rings is 1. The minimum atomic E-state index is -0.317. The van der Waals surface area contributed by atoms with Crippen LogP contribution < -0.4 is 11.1 Å². The average molecular weight is 265 g/mol. The molecule has 1 saturated heterocycles. The Hall–Kier alpha value is -1.62. The lowest BCUT2D eigenvalue weighted by Gasteiger charge is -2.42. The topological polar surface area (TPSA) is 58.4 Å². The molecular formula is C14H20FN3O. The minimum absolute atomic E-state index is 0.0849. The molecule has 4 nitrogen and oxygen atoms in total. The number of carbonyl (C=O) groups is 1. The van der Waals surface area contributed by atoms with Crippen molar-refractivity contribution in [3.05, 3.63) is 30.1 Å². The second-order valence-corrected chi connectivity index (χ2v) is 5.74. The van der Waals surface area contributed by atoms with Gasteiger partial charge in [-0.3, -0.25) is 0 Å². The van der Waals surface area contributed by atoms with Gasteiger partial charge in [-0.2, -0.15) is 0 Å². The van der Waals surface area contributed by atoms with Crippen LogP contribution in [0, 0.1) is 11.2 Å². The first kappa shape index (κ1) is 13.8. The molecule has 0 saturated carbocycles. The number of hydrogen-bond acceptors (Lipinski definition) is 2. The predicted molar refractivity (Wildman–Crippen MR) is 73.4 cm³/mol. The first-order valence-electron chi connectivity index (χ1n) is 6.45. The van der Waals surface area contributed by atoms with Gasteiger partial charge in [-0.05, 0) is 36.1 Å². The van der Waals surface area contributed by atoms with Gasteiger partial charge in [0.15, 0.2) is 0 Å². The molecule has 0 radical (unpaired) electrons. The number of hydrogen-bond donors (Lipinski definition) is 2. The molecule has 1 aromatic rings. The van der Waals surface area contributed by atoms with Crippen molar-refractivity contribution in [1.82, 2.24) is 4.90 Å². The van der Waals surface area contributed by atoms with Crippen molar-refractivity contribution < 1.29 is 9.18 Å². The fraction of sp³-hybridized carbons (Fsp3) is 0.500. The van der Waals surface area contributed by atoms with E-state index < -0.39 is 0 Å². The highest BCUT2D eigenvalue weighted by atomic mass is 19.1. The van der Waals surface area contributed by atoms with Crippen molar-refractivity contribution >= 4 is 11.7 Å². The van der Waals surface area contributed by atoms with Gasteiger partial charge in [0, 0.05) is 24.8 Å². The zero-order valence-corrected chi connectivity index (χ0v) is 11.3. The molecular weight excluding hydrogens is 245 g/mol. The van der Waals surface area contributed by atoms with E-state index in [0.29, 0.717) is 18.8 Å². The summed E-state index contributed by atoms with van der Waals surface area (Å²) in [6.07, 6.45) is 0.795. The van der Waals surface area contributed by atoms with E-state index in [-0.39, 0.29) is 23.3 Å². The van der Waals surface area contributed by atoms with Crippen molar-refractivity contribution in [2.45, 2.75) is 26.3 Å². The number of nitrogens with one attached hydrogen (secondary N) is 1. The molecule has 104 valence electrons. The van der Waals surface area contributed by atoms with E-state index in [1.807, 2.05) is 0 Å². The summed E-state index contributed by atoms with van der Waals surface area (Å²) in [5.41, 5.74) is 6.56. The Labute approximate surface area is 112 Å². The highest BCUT2D eigenvalue weighted by Crippen LogP contribution is 2.28. The maximum atomic E-state index is 12.8. The molecule has 0 spiro atoms. The molecule has 1 atom stereocenters. The van der Waals surface area contributed by atoms with E-state index in [9.17, 15) is 9.18 Å². The normalized spacial score (nSPS) is 22.1. The van der Waals surface area contributed by atoms with Crippen molar-refractivity contribution in [3.8, 4) is 0 Å². The summed E-state index contributed by atoms with van der Waals surface area (Å²) < 4.78 is 12.8. The summed E-state index contributed by atoms with van der Waals surface area (Å²) in [4.78, 5) is 13.9. The van der Waals surface area contributed by atoms with Crippen LogP contribution in [0.3, 0.4) is 0 Å². The van der Waals surface area contributed by atoms with Crippen LogP contribution in [0.15, 0.2) is 24.3 Å². The zero-order valence-electron chi connectivity index (χ0n) is 11.3. The standard InChI is InChI=1S/C14H20FN3O/c1-14(2)9-18(8-7-12(14)16)13(19)17-11-5-3-10(15)4-6-11/h3-6,12H,7-9,16H2,1-2H3,(H,17,19). The number of likely N-dealkylation sites (tertiary alicyclic amines) is 1. The summed E-state index contributed by atoms with van der Waals surface area (Å²) >= 11 is 0. The smallest absolute Gasteiger partial charge is 0.321 e. The van der Waals surface area contributed by atoms with Gasteiger partial charge >= 0.3 is 6.03 Å². The molecule has 1 aromatic carbocycles. The third-order valence-electron chi connectivity index (χ3n) is 3.69. The number of piperidine rings is 1. The molecule has 0 bridgehead atoms. The Morgan fingerprint density at radius 2 is 2.05 bits per heavy atom. The van der Waals surface area contributed by atoms with E-state index in [1.165, 1.54) is 12.1 Å². The van der Waals surface area contributed by atoms with Gasteiger partial charge in [-0.25, -0.2) is 9.18 Å². The van der Waals surface area contributed by atoms with E-state index in [2.05, 4.69) is 19.2 Å². The first-order valence-corrected chi connectivity index (χ1v) is 6.45. The van der Waals surface area contributed by atoms with Gasteiger partial charge in [0.2, 0.25) is 0 Å². The number of halogens is 1. The molecule has 2 rings (SSSR count). The number of nitrogens with zero attached hydrogens (tertiary/aromatic N) is 1. The monoisotopic (exact) mass is 265 g/mol. The molecule has 1 heterocycles. The van der Waals surface area contributed by atoms with E-state index >= 15 is 0 Å². The van der Waals surface area contributed by atoms with E-state index in [1.54, 1.807) is 17.0 Å². The molecule has 1 fully saturated rings. The third kappa shape index (κ3) is 3.23. The largest absolute Gasteiger partial charge is 0.327 e. The quantitative estimate of drug-likeness (QED) is 0.819. The van der Waals surface area contributed by atoms with Crippen LogP contribution in [-0.4, -0.2) is 30.1 Å². The van der Waals surface area contributed by atoms with Crippen molar-refractivity contribution in [1.29, 1.82) is 0 Å². The first-order chi connectivity index (χ1) is 8.88. The number of amides is 2. The fourth-order valence-corrected chi connectivity index (χ4v) is 2.28. The lowest BCUT2D eigenvalue weighted by Crippen LogP contribution is -2.54. The summed E-state index contributed by atoms with van der Waals surface area (Å²) in [5.74, 6) is -0.317. The number of urea groups is 1. The maximum Gasteiger partial charge on any atom is 0.321 e. The number of nitrogens with two attached hydrogens (primary N) is 1. The second-order valence-electron chi connectivity index (χ2n) is 5.74. The molecule has 0 aliphatic carbocycles. The summed E-state index contributed by atoms with van der Waals surface area (Å²) in [7, 11) is 0. The third-order valence-corrected chi connectivity index (χ3v) is 3.69. The molecule has 19 heavy (non-hydrogen) atoms. The van der Waals surface area contributed by atoms with Crippen molar-refractivity contribution in [2.75, 3.05) is 18.4 Å². The summed E-state index contributed by atoms with van der Waals surface area (Å²) in [5, 5.41) is 2.77. The fourth-order valence-electron chi connectivity index (χ4n) is 2.28. The van der Waals surface area contributed by atoms with Crippen molar-refractivity contribution in [3.63, 3.8) is 0 Å². The maximum absolute atomic E-state index is 12.8. The summed E-state index contributed by atoms with van der Waals surface area (Å²) in [6.45, 7) is 5.41. The SMILES string of the molecule is CC1(C)CN(C(=O)Nc2ccc(F)cc2)CCC1N. The molecule has 3 N–H and O–H groups in total. The highest BCUT2D eigenvalue weighted by molar-refractivity contribution is 5.89. The Kier molecular flexibility index (Phi) is 3.75.